The molecule has 0 aliphatic carbocycles. The second-order valence-electron chi connectivity index (χ2n) is 5.09. The third-order valence-electron chi connectivity index (χ3n) is 2.51. The highest BCUT2D eigenvalue weighted by Gasteiger charge is 2.28. The molecular weight excluding hydrogens is 252 g/mol. The Morgan fingerprint density at radius 2 is 2.11 bits per heavy atom. The molecule has 1 aromatic rings. The van der Waals surface area contributed by atoms with Gasteiger partial charge in [-0.15, -0.1) is 11.3 Å². The largest absolute Gasteiger partial charge is 0.481 e. The van der Waals surface area contributed by atoms with Crippen LogP contribution in [0.15, 0.2) is 6.20 Å². The third kappa shape index (κ3) is 3.53. The smallest absolute Gasteiger partial charge is 0.310 e. The van der Waals surface area contributed by atoms with Crippen LogP contribution in [0, 0.1) is 5.41 Å². The van der Waals surface area contributed by atoms with Crippen LogP contribution in [0.25, 0.3) is 0 Å². The normalized spacial score (nSPS) is 11.6. The summed E-state index contributed by atoms with van der Waals surface area (Å²) in [6, 6.07) is 0. The minimum absolute atomic E-state index is 0.0933. The maximum absolute atomic E-state index is 11.8. The van der Waals surface area contributed by atoms with Gasteiger partial charge >= 0.3 is 5.97 Å². The number of thiazole rings is 1. The van der Waals surface area contributed by atoms with Crippen LogP contribution in [-0.2, 0) is 4.79 Å². The average molecular weight is 270 g/mol. The van der Waals surface area contributed by atoms with Gasteiger partial charge < -0.3 is 10.4 Å². The summed E-state index contributed by atoms with van der Waals surface area (Å²) in [7, 11) is 0. The number of aromatic nitrogens is 1. The van der Waals surface area contributed by atoms with Gasteiger partial charge in [0.25, 0.3) is 5.91 Å². The van der Waals surface area contributed by atoms with Gasteiger partial charge in [0.05, 0.1) is 16.6 Å². The minimum Gasteiger partial charge on any atom is -0.481 e. The second-order valence-corrected chi connectivity index (χ2v) is 6.15. The lowest BCUT2D eigenvalue weighted by atomic mass is 9.94. The first kappa shape index (κ1) is 14.6. The summed E-state index contributed by atoms with van der Waals surface area (Å²) < 4.78 is 0. The molecule has 18 heavy (non-hydrogen) atoms. The Bertz CT molecular complexity index is 452. The first-order valence-electron chi connectivity index (χ1n) is 5.71. The molecule has 0 radical (unpaired) electrons. The number of carbonyl (C=O) groups is 2. The third-order valence-corrected chi connectivity index (χ3v) is 3.81. The molecule has 2 N–H and O–H groups in total. The van der Waals surface area contributed by atoms with Crippen molar-refractivity contribution in [3.63, 3.8) is 0 Å². The van der Waals surface area contributed by atoms with Crippen molar-refractivity contribution in [3.05, 3.63) is 16.1 Å². The quantitative estimate of drug-likeness (QED) is 0.858. The number of carboxylic acids is 1. The van der Waals surface area contributed by atoms with E-state index >= 15 is 0 Å². The molecule has 1 rings (SSSR count). The Balaban J connectivity index is 2.63. The molecule has 100 valence electrons. The van der Waals surface area contributed by atoms with Crippen molar-refractivity contribution in [2.24, 2.45) is 5.41 Å². The maximum atomic E-state index is 11.8. The Kier molecular flexibility index (Phi) is 4.45. The number of nitrogens with one attached hydrogen (secondary N) is 1. The number of carboxylic acid groups (broad SMARTS) is 1. The molecule has 0 aromatic carbocycles. The van der Waals surface area contributed by atoms with Crippen LogP contribution in [0.3, 0.4) is 0 Å². The van der Waals surface area contributed by atoms with E-state index in [1.807, 2.05) is 13.8 Å². The Morgan fingerprint density at radius 3 is 2.56 bits per heavy atom. The van der Waals surface area contributed by atoms with Crippen LogP contribution in [0.4, 0.5) is 0 Å². The van der Waals surface area contributed by atoms with Crippen molar-refractivity contribution in [2.45, 2.75) is 33.6 Å². The molecule has 0 saturated carbocycles. The van der Waals surface area contributed by atoms with Gasteiger partial charge in [-0.2, -0.15) is 0 Å². The lowest BCUT2D eigenvalue weighted by Crippen LogP contribution is -2.38. The molecule has 0 saturated heterocycles. The number of nitrogens with zero attached hydrogens (tertiary/aromatic N) is 1. The Morgan fingerprint density at radius 1 is 1.50 bits per heavy atom. The summed E-state index contributed by atoms with van der Waals surface area (Å²) in [5.41, 5.74) is -0.971. The van der Waals surface area contributed by atoms with Crippen molar-refractivity contribution in [3.8, 4) is 0 Å². The predicted molar refractivity (Wildman–Crippen MR) is 70.0 cm³/mol. The monoisotopic (exact) mass is 270 g/mol. The molecule has 1 aromatic heterocycles. The lowest BCUT2D eigenvalue weighted by Gasteiger charge is -2.18. The van der Waals surface area contributed by atoms with Crippen LogP contribution in [0.5, 0.6) is 0 Å². The van der Waals surface area contributed by atoms with Gasteiger partial charge in [-0.3, -0.25) is 9.59 Å². The molecule has 0 unspecified atom stereocenters. The molecule has 0 spiro atoms. The fourth-order valence-electron chi connectivity index (χ4n) is 1.12. The van der Waals surface area contributed by atoms with Gasteiger partial charge in [0.15, 0.2) is 0 Å². The molecule has 6 heteroatoms. The van der Waals surface area contributed by atoms with E-state index in [9.17, 15) is 9.59 Å². The topological polar surface area (TPSA) is 79.3 Å². The van der Waals surface area contributed by atoms with Gasteiger partial charge in [0.1, 0.15) is 4.88 Å². The van der Waals surface area contributed by atoms with Crippen molar-refractivity contribution < 1.29 is 14.7 Å². The van der Waals surface area contributed by atoms with Crippen molar-refractivity contribution in [1.82, 2.24) is 10.3 Å². The van der Waals surface area contributed by atoms with Gasteiger partial charge in [-0.1, -0.05) is 13.8 Å². The number of rotatable bonds is 5. The summed E-state index contributed by atoms with van der Waals surface area (Å²) >= 11 is 1.34. The number of amides is 1. The number of hydrogen-bond donors (Lipinski definition) is 2. The van der Waals surface area contributed by atoms with E-state index in [2.05, 4.69) is 10.3 Å². The van der Waals surface area contributed by atoms with E-state index in [0.29, 0.717) is 4.88 Å². The highest BCUT2D eigenvalue weighted by molar-refractivity contribution is 7.13. The number of aliphatic carboxylic acids is 1. The van der Waals surface area contributed by atoms with Crippen molar-refractivity contribution >= 4 is 23.2 Å². The minimum atomic E-state index is -0.971. The molecule has 1 heterocycles. The van der Waals surface area contributed by atoms with E-state index in [-0.39, 0.29) is 18.4 Å². The van der Waals surface area contributed by atoms with Crippen LogP contribution < -0.4 is 5.32 Å². The fourth-order valence-corrected chi connectivity index (χ4v) is 1.96. The van der Waals surface area contributed by atoms with E-state index in [1.54, 1.807) is 13.8 Å². The summed E-state index contributed by atoms with van der Waals surface area (Å²) in [5, 5.41) is 12.5. The number of carbonyl (C=O) groups excluding carboxylic acids is 1. The molecular formula is C12H18N2O3S. The predicted octanol–water partition coefficient (Wildman–Crippen LogP) is 2.11. The summed E-state index contributed by atoms with van der Waals surface area (Å²) in [4.78, 5) is 27.4. The lowest BCUT2D eigenvalue weighted by molar-refractivity contribution is -0.146. The SMILES string of the molecule is CC(C)c1ncc(C(=O)NCC(C)(C)C(=O)O)s1. The van der Waals surface area contributed by atoms with E-state index in [4.69, 9.17) is 5.11 Å². The molecule has 5 nitrogen and oxygen atoms in total. The van der Waals surface area contributed by atoms with Gasteiger partial charge in [0.2, 0.25) is 0 Å². The zero-order chi connectivity index (χ0) is 13.9. The molecule has 0 fully saturated rings. The maximum Gasteiger partial charge on any atom is 0.310 e. The second kappa shape index (κ2) is 5.48. The van der Waals surface area contributed by atoms with Gasteiger partial charge in [0, 0.05) is 12.5 Å². The van der Waals surface area contributed by atoms with Crippen molar-refractivity contribution in [2.75, 3.05) is 6.54 Å². The van der Waals surface area contributed by atoms with Crippen LogP contribution in [0.1, 0.15) is 48.3 Å². The molecule has 0 aliphatic rings. The summed E-state index contributed by atoms with van der Waals surface area (Å²) in [6.07, 6.45) is 1.53. The Labute approximate surface area is 110 Å². The molecule has 1 amide bonds. The Hall–Kier alpha value is -1.43. The first-order valence-corrected chi connectivity index (χ1v) is 6.53. The molecule has 0 atom stereocenters. The van der Waals surface area contributed by atoms with Gasteiger partial charge in [-0.05, 0) is 13.8 Å². The summed E-state index contributed by atoms with van der Waals surface area (Å²) in [6.45, 7) is 7.25. The highest BCUT2D eigenvalue weighted by atomic mass is 32.1. The average Bonchev–Trinajstić information content (AvgIpc) is 2.75. The van der Waals surface area contributed by atoms with Crippen LogP contribution >= 0.6 is 11.3 Å². The molecule has 0 aliphatic heterocycles. The van der Waals surface area contributed by atoms with Gasteiger partial charge in [-0.25, -0.2) is 4.98 Å². The summed E-state index contributed by atoms with van der Waals surface area (Å²) in [5.74, 6) is -0.921. The zero-order valence-corrected chi connectivity index (χ0v) is 11.8. The van der Waals surface area contributed by atoms with E-state index < -0.39 is 11.4 Å². The van der Waals surface area contributed by atoms with Crippen molar-refractivity contribution in [1.29, 1.82) is 0 Å². The zero-order valence-electron chi connectivity index (χ0n) is 11.0. The van der Waals surface area contributed by atoms with E-state index in [1.165, 1.54) is 17.5 Å². The van der Waals surface area contributed by atoms with E-state index in [0.717, 1.165) is 5.01 Å². The van der Waals surface area contributed by atoms with Crippen LogP contribution in [-0.4, -0.2) is 28.5 Å². The fraction of sp³-hybridized carbons (Fsp3) is 0.583. The number of hydrogen-bond acceptors (Lipinski definition) is 4. The van der Waals surface area contributed by atoms with Crippen LogP contribution in [0.2, 0.25) is 0 Å². The standard InChI is InChI=1S/C12H18N2O3S/c1-7(2)10-13-5-8(18-10)9(15)14-6-12(3,4)11(16)17/h5,7H,6H2,1-4H3,(H,14,15)(H,16,17). The molecule has 0 bridgehead atoms. The highest BCUT2D eigenvalue weighted by Crippen LogP contribution is 2.21. The first-order chi connectivity index (χ1) is 8.24.